The highest BCUT2D eigenvalue weighted by atomic mass is 127. The Hall–Kier alpha value is -1.77. The minimum absolute atomic E-state index is 0.0178. The van der Waals surface area contributed by atoms with E-state index >= 15 is 0 Å². The molecule has 1 aliphatic rings. The van der Waals surface area contributed by atoms with E-state index in [0.717, 1.165) is 4.90 Å². The first kappa shape index (κ1) is 17.1. The zero-order valence-electron chi connectivity index (χ0n) is 11.9. The van der Waals surface area contributed by atoms with Gasteiger partial charge in [0.25, 0.3) is 5.91 Å². The van der Waals surface area contributed by atoms with Crippen LogP contribution in [0.15, 0.2) is 42.1 Å². The maximum Gasteiger partial charge on any atom is 0.333 e. The van der Waals surface area contributed by atoms with E-state index in [1.165, 1.54) is 18.2 Å². The Kier molecular flexibility index (Phi) is 4.71. The van der Waals surface area contributed by atoms with E-state index in [9.17, 15) is 14.7 Å². The number of rotatable bonds is 2. The summed E-state index contributed by atoms with van der Waals surface area (Å²) >= 11 is 13.8. The van der Waals surface area contributed by atoms with E-state index < -0.39 is 11.9 Å². The lowest BCUT2D eigenvalue weighted by molar-refractivity contribution is -0.113. The standard InChI is InChI=1S/C16H9Cl2IN2O3/c17-9-2-1-3-11(6-9)21-15(23)13(20-16(21)24)5-8-4-10(18)7-12(19)14(8)22/h1-7,22H,(H,20,24). The van der Waals surface area contributed by atoms with Crippen molar-refractivity contribution in [2.75, 3.05) is 4.90 Å². The molecule has 0 spiro atoms. The van der Waals surface area contributed by atoms with Crippen molar-refractivity contribution in [3.8, 4) is 5.75 Å². The second-order valence-electron chi connectivity index (χ2n) is 4.93. The molecule has 3 rings (SSSR count). The van der Waals surface area contributed by atoms with Gasteiger partial charge >= 0.3 is 6.03 Å². The van der Waals surface area contributed by atoms with Crippen LogP contribution in [0, 0.1) is 3.57 Å². The summed E-state index contributed by atoms with van der Waals surface area (Å²) in [7, 11) is 0. The Morgan fingerprint density at radius 3 is 2.58 bits per heavy atom. The second kappa shape index (κ2) is 6.62. The Bertz CT molecular complexity index is 899. The van der Waals surface area contributed by atoms with Crippen LogP contribution >= 0.6 is 45.8 Å². The molecule has 122 valence electrons. The summed E-state index contributed by atoms with van der Waals surface area (Å²) in [6.45, 7) is 0. The van der Waals surface area contributed by atoms with Crippen molar-refractivity contribution >= 4 is 69.5 Å². The first-order valence-electron chi connectivity index (χ1n) is 6.67. The molecule has 1 fully saturated rings. The van der Waals surface area contributed by atoms with Crippen LogP contribution in [-0.2, 0) is 4.79 Å². The molecule has 2 aromatic carbocycles. The van der Waals surface area contributed by atoms with Gasteiger partial charge in [-0.3, -0.25) is 4.79 Å². The van der Waals surface area contributed by atoms with Crippen molar-refractivity contribution in [2.45, 2.75) is 0 Å². The summed E-state index contributed by atoms with van der Waals surface area (Å²) in [6.07, 6.45) is 1.38. The average Bonchev–Trinajstić information content (AvgIpc) is 2.78. The Morgan fingerprint density at radius 1 is 1.12 bits per heavy atom. The smallest absolute Gasteiger partial charge is 0.333 e. The molecule has 0 aliphatic carbocycles. The fraction of sp³-hybridized carbons (Fsp3) is 0. The third-order valence-corrected chi connectivity index (χ3v) is 4.58. The number of carbonyl (C=O) groups excluding carboxylic acids is 2. The highest BCUT2D eigenvalue weighted by molar-refractivity contribution is 14.1. The number of phenols is 1. The summed E-state index contributed by atoms with van der Waals surface area (Å²) < 4.78 is 0.537. The van der Waals surface area contributed by atoms with Crippen LogP contribution in [0.5, 0.6) is 5.75 Å². The van der Waals surface area contributed by atoms with Gasteiger partial charge in [-0.2, -0.15) is 0 Å². The van der Waals surface area contributed by atoms with Gasteiger partial charge in [0, 0.05) is 15.6 Å². The zero-order chi connectivity index (χ0) is 17.4. The third-order valence-electron chi connectivity index (χ3n) is 3.30. The third kappa shape index (κ3) is 3.22. The van der Waals surface area contributed by atoms with Crippen molar-refractivity contribution in [3.63, 3.8) is 0 Å². The summed E-state index contributed by atoms with van der Waals surface area (Å²) in [4.78, 5) is 25.6. The minimum atomic E-state index is -0.593. The van der Waals surface area contributed by atoms with Crippen molar-refractivity contribution in [1.82, 2.24) is 5.32 Å². The first-order chi connectivity index (χ1) is 11.4. The Morgan fingerprint density at radius 2 is 1.88 bits per heavy atom. The summed E-state index contributed by atoms with van der Waals surface area (Å²) in [6, 6.07) is 8.91. The number of hydrogen-bond donors (Lipinski definition) is 2. The Balaban J connectivity index is 2.00. The molecule has 2 N–H and O–H groups in total. The lowest BCUT2D eigenvalue weighted by atomic mass is 10.1. The minimum Gasteiger partial charge on any atom is -0.506 e. The fourth-order valence-electron chi connectivity index (χ4n) is 2.24. The molecule has 8 heteroatoms. The zero-order valence-corrected chi connectivity index (χ0v) is 15.6. The quantitative estimate of drug-likeness (QED) is 0.385. The second-order valence-corrected chi connectivity index (χ2v) is 6.97. The predicted octanol–water partition coefficient (Wildman–Crippen LogP) is 4.40. The molecule has 0 unspecified atom stereocenters. The summed E-state index contributed by atoms with van der Waals surface area (Å²) in [5, 5.41) is 13.4. The number of urea groups is 1. The molecule has 24 heavy (non-hydrogen) atoms. The van der Waals surface area contributed by atoms with Crippen LogP contribution in [0.25, 0.3) is 6.08 Å². The number of anilines is 1. The molecule has 1 aliphatic heterocycles. The van der Waals surface area contributed by atoms with Crippen LogP contribution in [-0.4, -0.2) is 17.0 Å². The summed E-state index contributed by atoms with van der Waals surface area (Å²) in [5.41, 5.74) is 0.732. The molecule has 1 saturated heterocycles. The van der Waals surface area contributed by atoms with Gasteiger partial charge in [-0.1, -0.05) is 29.3 Å². The maximum atomic E-state index is 12.5. The molecule has 0 saturated carbocycles. The van der Waals surface area contributed by atoms with E-state index in [4.69, 9.17) is 23.2 Å². The number of hydrogen-bond acceptors (Lipinski definition) is 3. The van der Waals surface area contributed by atoms with Gasteiger partial charge in [-0.15, -0.1) is 0 Å². The van der Waals surface area contributed by atoms with E-state index in [-0.39, 0.29) is 11.4 Å². The molecule has 1 heterocycles. The molecular weight excluding hydrogens is 466 g/mol. The first-order valence-corrected chi connectivity index (χ1v) is 8.51. The number of nitrogens with one attached hydrogen (secondary N) is 1. The van der Waals surface area contributed by atoms with Crippen molar-refractivity contribution < 1.29 is 14.7 Å². The van der Waals surface area contributed by atoms with Crippen LogP contribution in [0.3, 0.4) is 0 Å². The van der Waals surface area contributed by atoms with Crippen LogP contribution < -0.4 is 10.2 Å². The highest BCUT2D eigenvalue weighted by Gasteiger charge is 2.35. The molecule has 0 bridgehead atoms. The monoisotopic (exact) mass is 474 g/mol. The van der Waals surface area contributed by atoms with Gasteiger partial charge in [-0.05, 0) is 59.0 Å². The number of benzene rings is 2. The summed E-state index contributed by atoms with van der Waals surface area (Å²) in [5.74, 6) is -0.563. The Labute approximate surface area is 161 Å². The molecule has 2 aromatic rings. The number of nitrogens with zero attached hydrogens (tertiary/aromatic N) is 1. The van der Waals surface area contributed by atoms with Gasteiger partial charge < -0.3 is 10.4 Å². The molecule has 0 radical (unpaired) electrons. The van der Waals surface area contributed by atoms with Gasteiger partial charge in [0.05, 0.1) is 9.26 Å². The van der Waals surface area contributed by atoms with Crippen LogP contribution in [0.2, 0.25) is 10.0 Å². The SMILES string of the molecule is O=C1NC(=Cc2cc(Cl)cc(I)c2O)C(=O)N1c1cccc(Cl)c1. The van der Waals surface area contributed by atoms with Gasteiger partial charge in [0.15, 0.2) is 0 Å². The number of aromatic hydroxyl groups is 1. The molecule has 3 amide bonds. The van der Waals surface area contributed by atoms with E-state index in [1.807, 2.05) is 22.6 Å². The topological polar surface area (TPSA) is 69.6 Å². The van der Waals surface area contributed by atoms with Gasteiger partial charge in [0.2, 0.25) is 0 Å². The van der Waals surface area contributed by atoms with E-state index in [2.05, 4.69) is 5.32 Å². The molecule has 0 atom stereocenters. The van der Waals surface area contributed by atoms with Gasteiger partial charge in [-0.25, -0.2) is 9.69 Å². The lowest BCUT2D eigenvalue weighted by Gasteiger charge is -2.11. The molecule has 5 nitrogen and oxygen atoms in total. The largest absolute Gasteiger partial charge is 0.506 e. The maximum absolute atomic E-state index is 12.5. The number of phenolic OH excluding ortho intramolecular Hbond substituents is 1. The molecular formula is C16H9Cl2IN2O3. The average molecular weight is 475 g/mol. The molecule has 0 aromatic heterocycles. The van der Waals surface area contributed by atoms with Crippen LogP contribution in [0.4, 0.5) is 10.5 Å². The number of imide groups is 1. The highest BCUT2D eigenvalue weighted by Crippen LogP contribution is 2.31. The number of carbonyl (C=O) groups is 2. The van der Waals surface area contributed by atoms with Gasteiger partial charge in [0.1, 0.15) is 11.4 Å². The van der Waals surface area contributed by atoms with Crippen molar-refractivity contribution in [1.29, 1.82) is 0 Å². The van der Waals surface area contributed by atoms with E-state index in [0.29, 0.717) is 24.9 Å². The van der Waals surface area contributed by atoms with Crippen molar-refractivity contribution in [3.05, 3.63) is 61.3 Å². The fourth-order valence-corrected chi connectivity index (χ4v) is 3.48. The number of amides is 3. The van der Waals surface area contributed by atoms with E-state index in [1.54, 1.807) is 24.3 Å². The lowest BCUT2D eigenvalue weighted by Crippen LogP contribution is -2.30. The number of halogens is 3. The normalized spacial score (nSPS) is 16.0. The van der Waals surface area contributed by atoms with Crippen LogP contribution in [0.1, 0.15) is 5.56 Å². The predicted molar refractivity (Wildman–Crippen MR) is 101 cm³/mol. The van der Waals surface area contributed by atoms with Crippen molar-refractivity contribution in [2.24, 2.45) is 0 Å².